The number of nitrogens with zero attached hydrogens (tertiary/aromatic N) is 2. The van der Waals surface area contributed by atoms with Crippen LogP contribution in [0, 0.1) is 0 Å². The number of hydrogen-bond donors (Lipinski definition) is 4. The predicted octanol–water partition coefficient (Wildman–Crippen LogP) is 1.46. The molecule has 2 unspecified atom stereocenters. The van der Waals surface area contributed by atoms with Gasteiger partial charge in [-0.05, 0) is 23.8 Å². The van der Waals surface area contributed by atoms with Crippen molar-refractivity contribution in [3.05, 3.63) is 71.4 Å². The Balaban J connectivity index is 1.52. The minimum Gasteiger partial charge on any atom is -0.481 e. The summed E-state index contributed by atoms with van der Waals surface area (Å²) in [6.45, 7) is 0.434. The van der Waals surface area contributed by atoms with Crippen LogP contribution in [-0.2, 0) is 15.7 Å². The topological polar surface area (TPSA) is 90.0 Å². The number of fused-ring (bicyclic) bond motifs is 1. The lowest BCUT2D eigenvalue weighted by molar-refractivity contribution is -0.138. The number of guanidine groups is 1. The highest BCUT2D eigenvalue weighted by atomic mass is 19.4. The standard InChI is InChI=1S/C19H19F3N6O2/c1-30-16-8-9-23-18(25-16)26-17(29)14-10-24-15-7-6-13(27-28(14)15)11-4-2-3-5-12(11)19(20,21)22/h2-8,10,13,15,24,27H,9H2,1H3,(H2,23,25,26,29). The van der Waals surface area contributed by atoms with Crippen LogP contribution in [0.3, 0.4) is 0 Å². The monoisotopic (exact) mass is 420 g/mol. The molecule has 3 aliphatic heterocycles. The summed E-state index contributed by atoms with van der Waals surface area (Å²) in [5, 5.41) is 10.0. The Hall–Kier alpha value is -3.47. The number of alkyl halides is 3. The Morgan fingerprint density at radius 3 is 2.87 bits per heavy atom. The molecule has 1 amide bonds. The van der Waals surface area contributed by atoms with Gasteiger partial charge >= 0.3 is 6.18 Å². The lowest BCUT2D eigenvalue weighted by Gasteiger charge is -2.35. The van der Waals surface area contributed by atoms with Gasteiger partial charge in [-0.1, -0.05) is 24.3 Å². The molecule has 11 heteroatoms. The summed E-state index contributed by atoms with van der Waals surface area (Å²) in [6, 6.07) is 4.58. The summed E-state index contributed by atoms with van der Waals surface area (Å²) >= 11 is 0. The number of hydrogen-bond acceptors (Lipinski definition) is 7. The van der Waals surface area contributed by atoms with Crippen molar-refractivity contribution in [2.45, 2.75) is 18.4 Å². The molecular weight excluding hydrogens is 401 g/mol. The van der Waals surface area contributed by atoms with Crippen molar-refractivity contribution >= 4 is 11.9 Å². The lowest BCUT2D eigenvalue weighted by atomic mass is 9.99. The molecule has 0 aliphatic carbocycles. The summed E-state index contributed by atoms with van der Waals surface area (Å²) in [7, 11) is 1.47. The molecule has 0 aromatic heterocycles. The van der Waals surface area contributed by atoms with Gasteiger partial charge in [0.2, 0.25) is 11.8 Å². The molecule has 0 saturated carbocycles. The molecule has 4 rings (SSSR count). The normalized spacial score (nSPS) is 22.8. The highest BCUT2D eigenvalue weighted by Crippen LogP contribution is 2.36. The third kappa shape index (κ3) is 3.83. The molecule has 0 radical (unpaired) electrons. The highest BCUT2D eigenvalue weighted by Gasteiger charge is 2.38. The molecule has 3 heterocycles. The largest absolute Gasteiger partial charge is 0.481 e. The van der Waals surface area contributed by atoms with Crippen molar-refractivity contribution < 1.29 is 22.7 Å². The fourth-order valence-electron chi connectivity index (χ4n) is 3.34. The highest BCUT2D eigenvalue weighted by molar-refractivity contribution is 6.05. The zero-order valence-corrected chi connectivity index (χ0v) is 15.8. The molecule has 1 aromatic carbocycles. The van der Waals surface area contributed by atoms with Gasteiger partial charge < -0.3 is 15.4 Å². The maximum absolute atomic E-state index is 13.4. The Bertz CT molecular complexity index is 969. The second-order valence-electron chi connectivity index (χ2n) is 6.63. The molecule has 4 N–H and O–H groups in total. The van der Waals surface area contributed by atoms with E-state index >= 15 is 0 Å². The van der Waals surface area contributed by atoms with Crippen molar-refractivity contribution in [1.29, 1.82) is 0 Å². The van der Waals surface area contributed by atoms with Gasteiger partial charge in [0.15, 0.2) is 0 Å². The maximum Gasteiger partial charge on any atom is 0.416 e. The van der Waals surface area contributed by atoms with E-state index in [2.05, 4.69) is 26.4 Å². The number of ether oxygens (including phenoxy) is 1. The Labute approximate surface area is 170 Å². The summed E-state index contributed by atoms with van der Waals surface area (Å²) in [4.78, 5) is 16.9. The molecule has 2 atom stereocenters. The van der Waals surface area contributed by atoms with E-state index in [4.69, 9.17) is 4.74 Å². The van der Waals surface area contributed by atoms with Gasteiger partial charge in [0.25, 0.3) is 5.91 Å². The summed E-state index contributed by atoms with van der Waals surface area (Å²) < 4.78 is 45.3. The fourth-order valence-corrected chi connectivity index (χ4v) is 3.34. The zero-order valence-electron chi connectivity index (χ0n) is 15.8. The SMILES string of the molecule is COC1=CCNC(NC(=O)C2=CNC3C=CC(c4ccccc4C(F)(F)F)NN23)=N1. The first-order valence-electron chi connectivity index (χ1n) is 9.11. The maximum atomic E-state index is 13.4. The van der Waals surface area contributed by atoms with E-state index in [1.165, 1.54) is 30.5 Å². The summed E-state index contributed by atoms with van der Waals surface area (Å²) in [5.41, 5.74) is 2.54. The number of rotatable bonds is 3. The van der Waals surface area contributed by atoms with Gasteiger partial charge in [0.1, 0.15) is 11.9 Å². The average molecular weight is 420 g/mol. The van der Waals surface area contributed by atoms with Gasteiger partial charge in [0, 0.05) is 12.7 Å². The Morgan fingerprint density at radius 1 is 1.30 bits per heavy atom. The van der Waals surface area contributed by atoms with Crippen molar-refractivity contribution in [3.63, 3.8) is 0 Å². The molecule has 0 saturated heterocycles. The average Bonchev–Trinajstić information content (AvgIpc) is 3.16. The van der Waals surface area contributed by atoms with Crippen molar-refractivity contribution in [1.82, 2.24) is 26.4 Å². The van der Waals surface area contributed by atoms with Crippen LogP contribution in [0.5, 0.6) is 0 Å². The smallest absolute Gasteiger partial charge is 0.416 e. The minimum absolute atomic E-state index is 0.0690. The molecule has 8 nitrogen and oxygen atoms in total. The number of benzene rings is 1. The number of carbonyl (C=O) groups is 1. The minimum atomic E-state index is -4.49. The molecule has 0 bridgehead atoms. The van der Waals surface area contributed by atoms with Crippen LogP contribution in [0.4, 0.5) is 13.2 Å². The first kappa shape index (κ1) is 19.8. The summed E-state index contributed by atoms with van der Waals surface area (Å²) in [6.07, 6.45) is 1.65. The number of hydrazine groups is 1. The van der Waals surface area contributed by atoms with E-state index in [1.807, 2.05) is 0 Å². The van der Waals surface area contributed by atoms with Crippen molar-refractivity contribution in [2.24, 2.45) is 4.99 Å². The van der Waals surface area contributed by atoms with Crippen LogP contribution < -0.4 is 21.4 Å². The van der Waals surface area contributed by atoms with Crippen LogP contribution in [0.1, 0.15) is 17.2 Å². The molecule has 3 aliphatic rings. The molecule has 0 spiro atoms. The second kappa shape index (κ2) is 7.75. The van der Waals surface area contributed by atoms with Gasteiger partial charge in [-0.3, -0.25) is 15.1 Å². The van der Waals surface area contributed by atoms with Crippen LogP contribution >= 0.6 is 0 Å². The Kier molecular flexibility index (Phi) is 5.12. The van der Waals surface area contributed by atoms with Gasteiger partial charge in [-0.2, -0.15) is 18.2 Å². The Morgan fingerprint density at radius 2 is 2.10 bits per heavy atom. The predicted molar refractivity (Wildman–Crippen MR) is 102 cm³/mol. The van der Waals surface area contributed by atoms with Gasteiger partial charge in [-0.25, -0.2) is 5.43 Å². The van der Waals surface area contributed by atoms with Crippen LogP contribution in [0.15, 0.2) is 65.3 Å². The fraction of sp³-hybridized carbons (Fsp3) is 0.263. The van der Waals surface area contributed by atoms with E-state index < -0.39 is 29.9 Å². The van der Waals surface area contributed by atoms with E-state index in [1.54, 1.807) is 24.3 Å². The zero-order chi connectivity index (χ0) is 21.3. The van der Waals surface area contributed by atoms with E-state index in [-0.39, 0.29) is 17.2 Å². The first-order chi connectivity index (χ1) is 14.4. The molecule has 158 valence electrons. The number of halogens is 3. The van der Waals surface area contributed by atoms with Crippen molar-refractivity contribution in [2.75, 3.05) is 13.7 Å². The number of methoxy groups -OCH3 is 1. The second-order valence-corrected chi connectivity index (χ2v) is 6.63. The third-order valence-electron chi connectivity index (χ3n) is 4.74. The van der Waals surface area contributed by atoms with E-state index in [0.717, 1.165) is 6.07 Å². The third-order valence-corrected chi connectivity index (χ3v) is 4.74. The summed E-state index contributed by atoms with van der Waals surface area (Å²) in [5.74, 6) is 0.0952. The number of aliphatic imine (C=N–C) groups is 1. The number of amides is 1. The van der Waals surface area contributed by atoms with Crippen LogP contribution in [0.2, 0.25) is 0 Å². The lowest BCUT2D eigenvalue weighted by Crippen LogP contribution is -2.52. The molecule has 0 fully saturated rings. The van der Waals surface area contributed by atoms with Gasteiger partial charge in [0.05, 0.1) is 18.7 Å². The van der Waals surface area contributed by atoms with Crippen LogP contribution in [0.25, 0.3) is 0 Å². The number of carbonyl (C=O) groups excluding carboxylic acids is 1. The number of nitrogens with one attached hydrogen (secondary N) is 4. The molecular formula is C19H19F3N6O2. The van der Waals surface area contributed by atoms with E-state index in [0.29, 0.717) is 12.4 Å². The van der Waals surface area contributed by atoms with Crippen molar-refractivity contribution in [3.8, 4) is 0 Å². The molecule has 30 heavy (non-hydrogen) atoms. The van der Waals surface area contributed by atoms with Crippen LogP contribution in [-0.4, -0.2) is 36.7 Å². The molecule has 1 aromatic rings. The quantitative estimate of drug-likeness (QED) is 0.554. The first-order valence-corrected chi connectivity index (χ1v) is 9.11. The van der Waals surface area contributed by atoms with Gasteiger partial charge in [-0.15, -0.1) is 0 Å². The van der Waals surface area contributed by atoms with E-state index in [9.17, 15) is 18.0 Å².